The molecule has 1 saturated carbocycles. The second-order valence-electron chi connectivity index (χ2n) is 4.16. The Labute approximate surface area is 72.2 Å². The second kappa shape index (κ2) is 2.73. The van der Waals surface area contributed by atoms with Gasteiger partial charge in [-0.1, -0.05) is 0 Å². The highest BCUT2D eigenvalue weighted by Gasteiger charge is 2.46. The average molecular weight is 169 g/mol. The lowest BCUT2D eigenvalue weighted by molar-refractivity contribution is -0.138. The predicted octanol–water partition coefficient (Wildman–Crippen LogP) is 0.993. The lowest BCUT2D eigenvalue weighted by Gasteiger charge is -2.53. The van der Waals surface area contributed by atoms with E-state index in [1.807, 2.05) is 0 Å². The number of carbonyl (C=O) groups is 1. The van der Waals surface area contributed by atoms with Crippen LogP contribution in [-0.2, 0) is 4.79 Å². The quantitative estimate of drug-likeness (QED) is 0.662. The summed E-state index contributed by atoms with van der Waals surface area (Å²) in [5.41, 5.74) is 0.224. The van der Waals surface area contributed by atoms with Crippen LogP contribution in [0.5, 0.6) is 0 Å². The minimum Gasteiger partial charge on any atom is -0.481 e. The van der Waals surface area contributed by atoms with Crippen LogP contribution in [0.3, 0.4) is 0 Å². The number of carboxylic acids is 1. The lowest BCUT2D eigenvalue weighted by atomic mass is 9.62. The standard InChI is InChI=1S/C9H15NO2/c11-8(12)1-3-9-5-7(6-9)2-4-10-9/h7,10H,1-6H2,(H,11,12). The lowest BCUT2D eigenvalue weighted by Crippen LogP contribution is -2.60. The van der Waals surface area contributed by atoms with Crippen LogP contribution in [0.2, 0.25) is 0 Å². The molecule has 2 saturated heterocycles. The summed E-state index contributed by atoms with van der Waals surface area (Å²) in [7, 11) is 0. The third-order valence-electron chi connectivity index (χ3n) is 3.23. The largest absolute Gasteiger partial charge is 0.481 e. The number of fused-ring (bicyclic) bond motifs is 2. The molecular weight excluding hydrogens is 154 g/mol. The third kappa shape index (κ3) is 1.33. The van der Waals surface area contributed by atoms with Crippen molar-refractivity contribution in [3.8, 4) is 0 Å². The maximum atomic E-state index is 10.4. The van der Waals surface area contributed by atoms with E-state index in [2.05, 4.69) is 5.32 Å². The van der Waals surface area contributed by atoms with Crippen LogP contribution < -0.4 is 5.32 Å². The first kappa shape index (κ1) is 8.05. The molecule has 3 nitrogen and oxygen atoms in total. The molecule has 0 spiro atoms. The number of piperidine rings is 2. The smallest absolute Gasteiger partial charge is 0.303 e. The molecule has 3 fully saturated rings. The van der Waals surface area contributed by atoms with Gasteiger partial charge in [0.05, 0.1) is 0 Å². The Morgan fingerprint density at radius 2 is 2.33 bits per heavy atom. The number of hydrogen-bond acceptors (Lipinski definition) is 2. The Hall–Kier alpha value is -0.570. The minimum atomic E-state index is -0.666. The van der Waals surface area contributed by atoms with Crippen molar-refractivity contribution in [1.82, 2.24) is 5.32 Å². The van der Waals surface area contributed by atoms with Gasteiger partial charge in [-0.3, -0.25) is 4.79 Å². The normalized spacial score (nSPS) is 38.8. The molecule has 0 atom stereocenters. The molecule has 3 aliphatic rings. The van der Waals surface area contributed by atoms with Crippen molar-refractivity contribution in [3.63, 3.8) is 0 Å². The summed E-state index contributed by atoms with van der Waals surface area (Å²) < 4.78 is 0. The molecule has 2 heterocycles. The first-order valence-electron chi connectivity index (χ1n) is 4.67. The fourth-order valence-electron chi connectivity index (χ4n) is 2.57. The van der Waals surface area contributed by atoms with Crippen molar-refractivity contribution in [2.24, 2.45) is 5.92 Å². The van der Waals surface area contributed by atoms with Gasteiger partial charge in [-0.2, -0.15) is 0 Å². The van der Waals surface area contributed by atoms with E-state index >= 15 is 0 Å². The first-order valence-corrected chi connectivity index (χ1v) is 4.67. The van der Waals surface area contributed by atoms with Crippen LogP contribution in [0.25, 0.3) is 0 Å². The SMILES string of the molecule is O=C(O)CCC12CC(CCN1)C2. The van der Waals surface area contributed by atoms with Gasteiger partial charge in [-0.05, 0) is 38.1 Å². The monoisotopic (exact) mass is 169 g/mol. The Balaban J connectivity index is 1.83. The summed E-state index contributed by atoms with van der Waals surface area (Å²) >= 11 is 0. The number of aliphatic carboxylic acids is 1. The summed E-state index contributed by atoms with van der Waals surface area (Å²) in [5, 5.41) is 12.0. The van der Waals surface area contributed by atoms with E-state index in [1.54, 1.807) is 0 Å². The van der Waals surface area contributed by atoms with Gasteiger partial charge in [-0.25, -0.2) is 0 Å². The Kier molecular flexibility index (Phi) is 1.83. The van der Waals surface area contributed by atoms with Gasteiger partial charge in [0.2, 0.25) is 0 Å². The number of carboxylic acid groups (broad SMARTS) is 1. The van der Waals surface area contributed by atoms with Crippen LogP contribution in [0.4, 0.5) is 0 Å². The van der Waals surface area contributed by atoms with Crippen LogP contribution in [-0.4, -0.2) is 23.2 Å². The zero-order valence-corrected chi connectivity index (χ0v) is 7.18. The molecule has 1 aliphatic carbocycles. The zero-order valence-electron chi connectivity index (χ0n) is 7.18. The molecule has 0 aromatic carbocycles. The van der Waals surface area contributed by atoms with Gasteiger partial charge < -0.3 is 10.4 Å². The minimum absolute atomic E-state index is 0.224. The van der Waals surface area contributed by atoms with Crippen molar-refractivity contribution in [3.05, 3.63) is 0 Å². The maximum absolute atomic E-state index is 10.4. The van der Waals surface area contributed by atoms with Gasteiger partial charge in [-0.15, -0.1) is 0 Å². The van der Waals surface area contributed by atoms with Gasteiger partial charge in [0.1, 0.15) is 0 Å². The van der Waals surface area contributed by atoms with Crippen molar-refractivity contribution >= 4 is 5.97 Å². The van der Waals surface area contributed by atoms with E-state index in [1.165, 1.54) is 19.3 Å². The molecule has 3 rings (SSSR count). The molecule has 2 N–H and O–H groups in total. The number of hydrogen-bond donors (Lipinski definition) is 2. The van der Waals surface area contributed by atoms with Crippen molar-refractivity contribution in [2.75, 3.05) is 6.54 Å². The highest BCUT2D eigenvalue weighted by atomic mass is 16.4. The second-order valence-corrected chi connectivity index (χ2v) is 4.16. The van der Waals surface area contributed by atoms with Crippen LogP contribution in [0, 0.1) is 5.92 Å². The van der Waals surface area contributed by atoms with E-state index in [0.717, 1.165) is 18.9 Å². The molecule has 0 unspecified atom stereocenters. The summed E-state index contributed by atoms with van der Waals surface area (Å²) in [6.45, 7) is 1.09. The molecule has 0 aromatic rings. The predicted molar refractivity (Wildman–Crippen MR) is 44.9 cm³/mol. The molecular formula is C9H15NO2. The molecule has 2 bridgehead atoms. The van der Waals surface area contributed by atoms with E-state index in [0.29, 0.717) is 6.42 Å². The summed E-state index contributed by atoms with van der Waals surface area (Å²) in [5.74, 6) is 0.222. The average Bonchev–Trinajstić information content (AvgIpc) is 2.01. The van der Waals surface area contributed by atoms with E-state index in [4.69, 9.17) is 5.11 Å². The summed E-state index contributed by atoms with van der Waals surface area (Å²) in [4.78, 5) is 10.4. The Bertz CT molecular complexity index is 191. The van der Waals surface area contributed by atoms with Gasteiger partial charge >= 0.3 is 5.97 Å². The highest BCUT2D eigenvalue weighted by Crippen LogP contribution is 2.45. The maximum Gasteiger partial charge on any atom is 0.303 e. The molecule has 12 heavy (non-hydrogen) atoms. The van der Waals surface area contributed by atoms with Crippen molar-refractivity contribution < 1.29 is 9.90 Å². The van der Waals surface area contributed by atoms with Crippen LogP contribution in [0.1, 0.15) is 32.1 Å². The fourth-order valence-corrected chi connectivity index (χ4v) is 2.57. The number of rotatable bonds is 3. The summed E-state index contributed by atoms with van der Waals surface area (Å²) in [6, 6.07) is 0. The molecule has 0 aromatic heterocycles. The van der Waals surface area contributed by atoms with Crippen LogP contribution >= 0.6 is 0 Å². The number of nitrogens with one attached hydrogen (secondary N) is 1. The van der Waals surface area contributed by atoms with Gasteiger partial charge in [0, 0.05) is 12.0 Å². The molecule has 0 radical (unpaired) electrons. The van der Waals surface area contributed by atoms with Crippen molar-refractivity contribution in [2.45, 2.75) is 37.6 Å². The Morgan fingerprint density at radius 1 is 1.58 bits per heavy atom. The van der Waals surface area contributed by atoms with E-state index < -0.39 is 5.97 Å². The Morgan fingerprint density at radius 3 is 2.83 bits per heavy atom. The molecule has 2 aliphatic heterocycles. The van der Waals surface area contributed by atoms with Crippen molar-refractivity contribution in [1.29, 1.82) is 0 Å². The third-order valence-corrected chi connectivity index (χ3v) is 3.23. The van der Waals surface area contributed by atoms with Crippen LogP contribution in [0.15, 0.2) is 0 Å². The van der Waals surface area contributed by atoms with E-state index in [-0.39, 0.29) is 5.54 Å². The highest BCUT2D eigenvalue weighted by molar-refractivity contribution is 5.66. The summed E-state index contributed by atoms with van der Waals surface area (Å²) in [6.07, 6.45) is 4.84. The van der Waals surface area contributed by atoms with E-state index in [9.17, 15) is 4.79 Å². The molecule has 68 valence electrons. The fraction of sp³-hybridized carbons (Fsp3) is 0.889. The first-order chi connectivity index (χ1) is 5.70. The molecule has 3 heteroatoms. The zero-order chi connectivity index (χ0) is 8.60. The topological polar surface area (TPSA) is 49.3 Å². The van der Waals surface area contributed by atoms with Gasteiger partial charge in [0.25, 0.3) is 0 Å². The van der Waals surface area contributed by atoms with Gasteiger partial charge in [0.15, 0.2) is 0 Å². The molecule has 0 amide bonds.